The first kappa shape index (κ1) is 21.9. The standard InChI is InChI=1S/C23H23F2N3O4S/c1-28-11-18-21(22(28)30)17(8-14(26-18)9-19(29)15-10-23(15,24)25)27-16-6-5-13(12-3-4-12)7-20(16)33(2,31)32/h5-8,12,15H,3-4,9-11H2,1-2H3,(H,26,27). The third-order valence-electron chi connectivity index (χ3n) is 6.39. The molecule has 33 heavy (non-hydrogen) atoms. The summed E-state index contributed by atoms with van der Waals surface area (Å²) in [5.41, 5.74) is 2.55. The molecule has 7 nitrogen and oxygen atoms in total. The summed E-state index contributed by atoms with van der Waals surface area (Å²) in [5.74, 6) is -4.78. The summed E-state index contributed by atoms with van der Waals surface area (Å²) in [6, 6.07) is 6.68. The lowest BCUT2D eigenvalue weighted by Crippen LogP contribution is -2.18. The summed E-state index contributed by atoms with van der Waals surface area (Å²) in [6.07, 6.45) is 2.44. The zero-order chi connectivity index (χ0) is 23.7. The molecule has 1 aromatic heterocycles. The van der Waals surface area contributed by atoms with Gasteiger partial charge in [0.15, 0.2) is 9.84 Å². The monoisotopic (exact) mass is 475 g/mol. The minimum Gasteiger partial charge on any atom is -0.354 e. The number of carbonyl (C=O) groups excluding carboxylic acids is 2. The molecule has 1 aliphatic heterocycles. The van der Waals surface area contributed by atoms with Crippen molar-refractivity contribution in [1.82, 2.24) is 9.88 Å². The van der Waals surface area contributed by atoms with E-state index in [0.29, 0.717) is 23.0 Å². The number of aromatic nitrogens is 1. The van der Waals surface area contributed by atoms with Gasteiger partial charge >= 0.3 is 0 Å². The van der Waals surface area contributed by atoms with E-state index < -0.39 is 33.9 Å². The number of hydrogen-bond donors (Lipinski definition) is 1. The number of amides is 1. The molecule has 0 spiro atoms. The number of benzene rings is 1. The van der Waals surface area contributed by atoms with Crippen LogP contribution in [0, 0.1) is 5.92 Å². The number of alkyl halides is 2. The van der Waals surface area contributed by atoms with Crippen LogP contribution in [-0.2, 0) is 27.6 Å². The molecule has 2 fully saturated rings. The van der Waals surface area contributed by atoms with Gasteiger partial charge < -0.3 is 10.2 Å². The fourth-order valence-electron chi connectivity index (χ4n) is 4.31. The molecule has 10 heteroatoms. The molecule has 5 rings (SSSR count). The minimum atomic E-state index is -3.58. The molecule has 1 N–H and O–H groups in total. The van der Waals surface area contributed by atoms with Crippen molar-refractivity contribution in [1.29, 1.82) is 0 Å². The number of carbonyl (C=O) groups is 2. The molecule has 1 atom stereocenters. The number of anilines is 2. The van der Waals surface area contributed by atoms with Crippen molar-refractivity contribution in [3.05, 3.63) is 46.8 Å². The van der Waals surface area contributed by atoms with Gasteiger partial charge in [0.2, 0.25) is 0 Å². The highest BCUT2D eigenvalue weighted by Gasteiger charge is 2.60. The topological polar surface area (TPSA) is 96.4 Å². The maximum atomic E-state index is 13.3. The Kier molecular flexibility index (Phi) is 4.86. The van der Waals surface area contributed by atoms with E-state index in [1.165, 1.54) is 11.0 Å². The number of halogens is 2. The van der Waals surface area contributed by atoms with Gasteiger partial charge in [0.1, 0.15) is 5.78 Å². The van der Waals surface area contributed by atoms with Crippen molar-refractivity contribution in [2.45, 2.75) is 49.0 Å². The summed E-state index contributed by atoms with van der Waals surface area (Å²) in [5, 5.41) is 3.07. The molecule has 0 radical (unpaired) electrons. The largest absolute Gasteiger partial charge is 0.354 e. The molecule has 3 aliphatic rings. The van der Waals surface area contributed by atoms with Crippen LogP contribution >= 0.6 is 0 Å². The molecule has 2 aliphatic carbocycles. The maximum absolute atomic E-state index is 13.3. The Bertz CT molecular complexity index is 1310. The number of Topliss-reactive ketones (excluding diaryl/α,β-unsaturated/α-hetero) is 1. The van der Waals surface area contributed by atoms with E-state index in [1.54, 1.807) is 19.2 Å². The van der Waals surface area contributed by atoms with E-state index in [2.05, 4.69) is 10.3 Å². The predicted octanol–water partition coefficient (Wildman–Crippen LogP) is 3.46. The second kappa shape index (κ2) is 7.31. The minimum absolute atomic E-state index is 0.117. The highest BCUT2D eigenvalue weighted by atomic mass is 32.2. The third-order valence-corrected chi connectivity index (χ3v) is 7.52. The first-order valence-electron chi connectivity index (χ1n) is 10.7. The van der Waals surface area contributed by atoms with Crippen LogP contribution < -0.4 is 5.32 Å². The molecular formula is C23H23F2N3O4S. The highest BCUT2D eigenvalue weighted by Crippen LogP contribution is 2.49. The van der Waals surface area contributed by atoms with Gasteiger partial charge in [-0.2, -0.15) is 0 Å². The van der Waals surface area contributed by atoms with Crippen molar-refractivity contribution in [2.75, 3.05) is 18.6 Å². The van der Waals surface area contributed by atoms with Gasteiger partial charge in [0, 0.05) is 26.1 Å². The van der Waals surface area contributed by atoms with E-state index in [1.807, 2.05) is 6.07 Å². The SMILES string of the molecule is CN1Cc2nc(CC(=O)C3CC3(F)F)cc(Nc3ccc(C4CC4)cc3S(C)(=O)=O)c2C1=O. The normalized spacial score (nSPS) is 21.2. The smallest absolute Gasteiger partial charge is 0.258 e. The van der Waals surface area contributed by atoms with Crippen molar-refractivity contribution in [2.24, 2.45) is 5.92 Å². The molecule has 174 valence electrons. The van der Waals surface area contributed by atoms with Crippen LogP contribution in [0.1, 0.15) is 52.5 Å². The van der Waals surface area contributed by atoms with Crippen molar-refractivity contribution >= 4 is 32.9 Å². The van der Waals surface area contributed by atoms with E-state index in [9.17, 15) is 26.8 Å². The molecule has 1 amide bonds. The van der Waals surface area contributed by atoms with Crippen LogP contribution in [0.25, 0.3) is 0 Å². The van der Waals surface area contributed by atoms with Crippen molar-refractivity contribution < 1.29 is 26.8 Å². The van der Waals surface area contributed by atoms with Gasteiger partial charge in [-0.25, -0.2) is 17.2 Å². The summed E-state index contributed by atoms with van der Waals surface area (Å²) in [4.78, 5) is 31.0. The quantitative estimate of drug-likeness (QED) is 0.659. The lowest BCUT2D eigenvalue weighted by atomic mass is 10.1. The highest BCUT2D eigenvalue weighted by molar-refractivity contribution is 7.90. The average molecular weight is 476 g/mol. The summed E-state index contributed by atoms with van der Waals surface area (Å²) in [6.45, 7) is 0.212. The van der Waals surface area contributed by atoms with E-state index in [4.69, 9.17) is 0 Å². The molecule has 1 aromatic carbocycles. The van der Waals surface area contributed by atoms with Gasteiger partial charge in [-0.05, 0) is 42.5 Å². The Morgan fingerprint density at radius 3 is 2.55 bits per heavy atom. The van der Waals surface area contributed by atoms with Crippen LogP contribution in [0.4, 0.5) is 20.2 Å². The predicted molar refractivity (Wildman–Crippen MR) is 117 cm³/mol. The Hall–Kier alpha value is -2.88. The number of fused-ring (bicyclic) bond motifs is 1. The second-order valence-corrected chi connectivity index (χ2v) is 11.2. The molecule has 0 saturated heterocycles. The number of hydrogen-bond acceptors (Lipinski definition) is 6. The second-order valence-electron chi connectivity index (χ2n) is 9.23. The van der Waals surface area contributed by atoms with Crippen LogP contribution in [0.2, 0.25) is 0 Å². The molecule has 2 aromatic rings. The summed E-state index contributed by atoms with van der Waals surface area (Å²) in [7, 11) is -1.97. The molecule has 1 unspecified atom stereocenters. The lowest BCUT2D eigenvalue weighted by molar-refractivity contribution is -0.121. The van der Waals surface area contributed by atoms with Gasteiger partial charge in [0.25, 0.3) is 11.8 Å². The van der Waals surface area contributed by atoms with E-state index >= 15 is 0 Å². The Morgan fingerprint density at radius 2 is 1.94 bits per heavy atom. The van der Waals surface area contributed by atoms with E-state index in [-0.39, 0.29) is 35.0 Å². The fourth-order valence-corrected chi connectivity index (χ4v) is 5.18. The zero-order valence-electron chi connectivity index (χ0n) is 18.2. The summed E-state index contributed by atoms with van der Waals surface area (Å²) < 4.78 is 51.7. The Morgan fingerprint density at radius 1 is 1.24 bits per heavy atom. The van der Waals surface area contributed by atoms with Crippen LogP contribution in [0.15, 0.2) is 29.2 Å². The summed E-state index contributed by atoms with van der Waals surface area (Å²) >= 11 is 0. The average Bonchev–Trinajstić information content (AvgIpc) is 3.62. The van der Waals surface area contributed by atoms with Gasteiger partial charge in [-0.1, -0.05) is 6.07 Å². The molecule has 2 saturated carbocycles. The lowest BCUT2D eigenvalue weighted by Gasteiger charge is -2.16. The molecule has 0 bridgehead atoms. The zero-order valence-corrected chi connectivity index (χ0v) is 19.0. The number of pyridine rings is 1. The van der Waals surface area contributed by atoms with Gasteiger partial charge in [0.05, 0.1) is 45.7 Å². The maximum Gasteiger partial charge on any atom is 0.258 e. The Labute approximate surface area is 190 Å². The van der Waals surface area contributed by atoms with Gasteiger partial charge in [-0.3, -0.25) is 14.6 Å². The van der Waals surface area contributed by atoms with Crippen LogP contribution in [0.5, 0.6) is 0 Å². The fraction of sp³-hybridized carbons (Fsp3) is 0.435. The number of ketones is 1. The van der Waals surface area contributed by atoms with Crippen LogP contribution in [-0.4, -0.2) is 49.2 Å². The number of nitrogens with one attached hydrogen (secondary N) is 1. The van der Waals surface area contributed by atoms with Gasteiger partial charge in [-0.15, -0.1) is 0 Å². The van der Waals surface area contributed by atoms with Crippen molar-refractivity contribution in [3.8, 4) is 0 Å². The number of nitrogens with zero attached hydrogens (tertiary/aromatic N) is 2. The first-order chi connectivity index (χ1) is 15.4. The number of rotatable bonds is 7. The van der Waals surface area contributed by atoms with Crippen LogP contribution in [0.3, 0.4) is 0 Å². The first-order valence-corrected chi connectivity index (χ1v) is 12.6. The number of sulfone groups is 1. The third kappa shape index (κ3) is 4.12. The van der Waals surface area contributed by atoms with E-state index in [0.717, 1.165) is 24.7 Å². The molecule has 2 heterocycles. The van der Waals surface area contributed by atoms with Crippen molar-refractivity contribution in [3.63, 3.8) is 0 Å². The molecular weight excluding hydrogens is 452 g/mol. The Balaban J connectivity index is 1.53.